The number of carbonyl (C=O) groups is 2. The zero-order chi connectivity index (χ0) is 17.3. The third kappa shape index (κ3) is 2.97. The lowest BCUT2D eigenvalue weighted by molar-refractivity contribution is 0.0696. The second-order valence-corrected chi connectivity index (χ2v) is 5.95. The summed E-state index contributed by atoms with van der Waals surface area (Å²) in [5.74, 6) is -0.270. The van der Waals surface area contributed by atoms with E-state index in [2.05, 4.69) is 0 Å². The predicted octanol–water partition coefficient (Wildman–Crippen LogP) is 2.90. The number of nitrogens with zero attached hydrogens (tertiary/aromatic N) is 1. The number of hydrogen-bond donors (Lipinski definition) is 1. The van der Waals surface area contributed by atoms with E-state index in [4.69, 9.17) is 9.84 Å². The van der Waals surface area contributed by atoms with Gasteiger partial charge in [0.05, 0.1) is 12.7 Å². The van der Waals surface area contributed by atoms with Crippen molar-refractivity contribution in [3.8, 4) is 5.75 Å². The molecule has 1 N–H and O–H groups in total. The Hall–Kier alpha value is -2.82. The van der Waals surface area contributed by atoms with Crippen LogP contribution in [0, 0.1) is 6.92 Å². The zero-order valence-corrected chi connectivity index (χ0v) is 13.7. The van der Waals surface area contributed by atoms with Crippen LogP contribution in [0.15, 0.2) is 36.4 Å². The van der Waals surface area contributed by atoms with Gasteiger partial charge < -0.3 is 14.7 Å². The van der Waals surface area contributed by atoms with Crippen LogP contribution in [-0.4, -0.2) is 35.5 Å². The molecule has 1 heterocycles. The third-order valence-corrected chi connectivity index (χ3v) is 4.42. The smallest absolute Gasteiger partial charge is 0.335 e. The van der Waals surface area contributed by atoms with Crippen molar-refractivity contribution in [2.45, 2.75) is 19.9 Å². The first-order valence-electron chi connectivity index (χ1n) is 7.78. The van der Waals surface area contributed by atoms with E-state index in [9.17, 15) is 9.59 Å². The SMILES string of the molecule is COc1ccc(C(=O)N2CCc3ccc(C(=O)O)cc3C2)c(C)c1. The molecule has 0 aliphatic carbocycles. The number of aryl methyl sites for hydroxylation is 1. The largest absolute Gasteiger partial charge is 0.497 e. The third-order valence-electron chi connectivity index (χ3n) is 4.42. The van der Waals surface area contributed by atoms with Gasteiger partial charge in [0, 0.05) is 18.7 Å². The number of fused-ring (bicyclic) bond motifs is 1. The van der Waals surface area contributed by atoms with E-state index in [1.54, 1.807) is 36.3 Å². The van der Waals surface area contributed by atoms with E-state index in [1.807, 2.05) is 19.1 Å². The van der Waals surface area contributed by atoms with Crippen molar-refractivity contribution in [1.29, 1.82) is 0 Å². The maximum atomic E-state index is 12.8. The van der Waals surface area contributed by atoms with Gasteiger partial charge >= 0.3 is 5.97 Å². The fraction of sp³-hybridized carbons (Fsp3) is 0.263. The number of methoxy groups -OCH3 is 1. The highest BCUT2D eigenvalue weighted by Gasteiger charge is 2.23. The van der Waals surface area contributed by atoms with E-state index in [0.717, 1.165) is 28.9 Å². The minimum Gasteiger partial charge on any atom is -0.497 e. The highest BCUT2D eigenvalue weighted by molar-refractivity contribution is 5.96. The Kier molecular flexibility index (Phi) is 4.25. The number of aromatic carboxylic acids is 1. The molecule has 0 fully saturated rings. The highest BCUT2D eigenvalue weighted by atomic mass is 16.5. The molecule has 2 aromatic rings. The van der Waals surface area contributed by atoms with Gasteiger partial charge in [-0.05, 0) is 60.4 Å². The van der Waals surface area contributed by atoms with Crippen LogP contribution in [0.25, 0.3) is 0 Å². The van der Waals surface area contributed by atoms with E-state index in [0.29, 0.717) is 18.7 Å². The van der Waals surface area contributed by atoms with Crippen LogP contribution in [0.5, 0.6) is 5.75 Å². The van der Waals surface area contributed by atoms with Crippen molar-refractivity contribution in [1.82, 2.24) is 4.90 Å². The molecule has 0 unspecified atom stereocenters. The lowest BCUT2D eigenvalue weighted by Gasteiger charge is -2.29. The van der Waals surface area contributed by atoms with Crippen molar-refractivity contribution < 1.29 is 19.4 Å². The van der Waals surface area contributed by atoms with Crippen LogP contribution >= 0.6 is 0 Å². The van der Waals surface area contributed by atoms with Crippen molar-refractivity contribution in [2.24, 2.45) is 0 Å². The average Bonchev–Trinajstić information content (AvgIpc) is 2.59. The summed E-state index contributed by atoms with van der Waals surface area (Å²) < 4.78 is 5.18. The normalized spacial score (nSPS) is 13.3. The maximum Gasteiger partial charge on any atom is 0.335 e. The molecular formula is C19H19NO4. The molecule has 1 aliphatic heterocycles. The van der Waals surface area contributed by atoms with Crippen molar-refractivity contribution in [2.75, 3.05) is 13.7 Å². The van der Waals surface area contributed by atoms with Gasteiger partial charge in [-0.15, -0.1) is 0 Å². The summed E-state index contributed by atoms with van der Waals surface area (Å²) >= 11 is 0. The first-order valence-corrected chi connectivity index (χ1v) is 7.78. The lowest BCUT2D eigenvalue weighted by Crippen LogP contribution is -2.36. The molecular weight excluding hydrogens is 306 g/mol. The Morgan fingerprint density at radius 3 is 2.58 bits per heavy atom. The Labute approximate surface area is 140 Å². The van der Waals surface area contributed by atoms with Crippen molar-refractivity contribution >= 4 is 11.9 Å². The summed E-state index contributed by atoms with van der Waals surface area (Å²) in [6, 6.07) is 10.5. The van der Waals surface area contributed by atoms with Crippen molar-refractivity contribution in [3.05, 3.63) is 64.2 Å². The van der Waals surface area contributed by atoms with Crippen LogP contribution in [0.2, 0.25) is 0 Å². The molecule has 1 amide bonds. The Morgan fingerprint density at radius 2 is 1.92 bits per heavy atom. The molecule has 24 heavy (non-hydrogen) atoms. The second kappa shape index (κ2) is 6.35. The summed E-state index contributed by atoms with van der Waals surface area (Å²) in [6.07, 6.45) is 0.732. The number of carboxylic acid groups (broad SMARTS) is 1. The van der Waals surface area contributed by atoms with Gasteiger partial charge in [-0.2, -0.15) is 0 Å². The number of amides is 1. The number of ether oxygens (including phenoxy) is 1. The molecule has 0 atom stereocenters. The van der Waals surface area contributed by atoms with Gasteiger partial charge in [0.2, 0.25) is 0 Å². The van der Waals surface area contributed by atoms with Crippen LogP contribution in [-0.2, 0) is 13.0 Å². The number of hydrogen-bond acceptors (Lipinski definition) is 3. The molecule has 0 saturated carbocycles. The predicted molar refractivity (Wildman–Crippen MR) is 89.6 cm³/mol. The fourth-order valence-corrected chi connectivity index (χ4v) is 3.04. The summed E-state index contributed by atoms with van der Waals surface area (Å²) in [6.45, 7) is 2.95. The summed E-state index contributed by atoms with van der Waals surface area (Å²) in [4.78, 5) is 25.7. The molecule has 1 aliphatic rings. The Morgan fingerprint density at radius 1 is 1.12 bits per heavy atom. The van der Waals surface area contributed by atoms with Crippen LogP contribution in [0.4, 0.5) is 0 Å². The average molecular weight is 325 g/mol. The first-order chi connectivity index (χ1) is 11.5. The topological polar surface area (TPSA) is 66.8 Å². The van der Waals surface area contributed by atoms with Gasteiger partial charge in [0.15, 0.2) is 0 Å². The van der Waals surface area contributed by atoms with Crippen LogP contribution < -0.4 is 4.74 Å². The van der Waals surface area contributed by atoms with Crippen molar-refractivity contribution in [3.63, 3.8) is 0 Å². The van der Waals surface area contributed by atoms with Gasteiger partial charge in [-0.25, -0.2) is 4.79 Å². The minimum absolute atomic E-state index is 0.0402. The summed E-state index contributed by atoms with van der Waals surface area (Å²) in [7, 11) is 1.60. The van der Waals surface area contributed by atoms with Crippen LogP contribution in [0.3, 0.4) is 0 Å². The first kappa shape index (κ1) is 16.1. The molecule has 5 heteroatoms. The van der Waals surface area contributed by atoms with Gasteiger partial charge in [-0.1, -0.05) is 6.07 Å². The van der Waals surface area contributed by atoms with E-state index >= 15 is 0 Å². The fourth-order valence-electron chi connectivity index (χ4n) is 3.04. The Bertz CT molecular complexity index is 813. The molecule has 0 aromatic heterocycles. The molecule has 0 spiro atoms. The van der Waals surface area contributed by atoms with Gasteiger partial charge in [0.1, 0.15) is 5.75 Å². The number of carboxylic acids is 1. The highest BCUT2D eigenvalue weighted by Crippen LogP contribution is 2.24. The summed E-state index contributed by atoms with van der Waals surface area (Å²) in [5.41, 5.74) is 3.78. The van der Waals surface area contributed by atoms with E-state index in [-0.39, 0.29) is 11.5 Å². The molecule has 5 nitrogen and oxygen atoms in total. The Balaban J connectivity index is 1.85. The van der Waals surface area contributed by atoms with Crippen LogP contribution in [0.1, 0.15) is 37.4 Å². The molecule has 2 aromatic carbocycles. The van der Waals surface area contributed by atoms with E-state index < -0.39 is 5.97 Å². The number of carbonyl (C=O) groups excluding carboxylic acids is 1. The molecule has 0 bridgehead atoms. The zero-order valence-electron chi connectivity index (χ0n) is 13.7. The second-order valence-electron chi connectivity index (χ2n) is 5.95. The minimum atomic E-state index is -0.952. The molecule has 124 valence electrons. The monoisotopic (exact) mass is 325 g/mol. The number of benzene rings is 2. The molecule has 3 rings (SSSR count). The quantitative estimate of drug-likeness (QED) is 0.942. The van der Waals surface area contributed by atoms with Gasteiger partial charge in [-0.3, -0.25) is 4.79 Å². The maximum absolute atomic E-state index is 12.8. The summed E-state index contributed by atoms with van der Waals surface area (Å²) in [5, 5.41) is 9.13. The van der Waals surface area contributed by atoms with E-state index in [1.165, 1.54) is 0 Å². The lowest BCUT2D eigenvalue weighted by atomic mass is 9.96. The molecule has 0 saturated heterocycles. The van der Waals surface area contributed by atoms with Gasteiger partial charge in [0.25, 0.3) is 5.91 Å². The standard InChI is InChI=1S/C19H19NO4/c1-12-9-16(24-2)5-6-17(12)18(21)20-8-7-13-3-4-14(19(22)23)10-15(13)11-20/h3-6,9-10H,7-8,11H2,1-2H3,(H,22,23). The molecule has 0 radical (unpaired) electrons. The number of rotatable bonds is 3.